The quantitative estimate of drug-likeness (QED) is 0.366. The molecular weight excluding hydrogens is 364 g/mol. The first-order valence-electron chi connectivity index (χ1n) is 9.74. The van der Waals surface area contributed by atoms with Crippen molar-refractivity contribution in [1.29, 1.82) is 0 Å². The van der Waals surface area contributed by atoms with Gasteiger partial charge >= 0.3 is 0 Å². The molecule has 3 aromatic carbocycles. The summed E-state index contributed by atoms with van der Waals surface area (Å²) in [5, 5.41) is 4.24. The Hall–Kier alpha value is -3.47. The van der Waals surface area contributed by atoms with Crippen molar-refractivity contribution in [3.63, 3.8) is 0 Å². The van der Waals surface area contributed by atoms with Crippen LogP contribution in [0.15, 0.2) is 77.9 Å². The van der Waals surface area contributed by atoms with Crippen molar-refractivity contribution in [3.8, 4) is 17.2 Å². The topological polar surface area (TPSA) is 52.1 Å². The van der Waals surface area contributed by atoms with E-state index in [9.17, 15) is 0 Å². The van der Waals surface area contributed by atoms with E-state index in [0.717, 1.165) is 34.1 Å². The van der Waals surface area contributed by atoms with E-state index in [2.05, 4.69) is 10.5 Å². The van der Waals surface area contributed by atoms with Crippen molar-refractivity contribution in [3.05, 3.63) is 83.9 Å². The minimum absolute atomic E-state index is 0.454. The third-order valence-electron chi connectivity index (χ3n) is 4.07. The van der Waals surface area contributed by atoms with E-state index < -0.39 is 0 Å². The lowest BCUT2D eigenvalue weighted by atomic mass is 10.2. The molecule has 0 amide bonds. The summed E-state index contributed by atoms with van der Waals surface area (Å²) in [5.41, 5.74) is 5.96. The average molecular weight is 390 g/mol. The lowest BCUT2D eigenvalue weighted by Crippen LogP contribution is -2.01. The molecule has 150 valence electrons. The van der Waals surface area contributed by atoms with E-state index >= 15 is 0 Å². The molecule has 0 saturated heterocycles. The van der Waals surface area contributed by atoms with Gasteiger partial charge in [0, 0.05) is 0 Å². The fourth-order valence-electron chi connectivity index (χ4n) is 2.70. The fraction of sp³-hybridized carbons (Fsp3) is 0.208. The molecule has 3 rings (SSSR count). The third-order valence-corrected chi connectivity index (χ3v) is 4.07. The number of benzene rings is 3. The van der Waals surface area contributed by atoms with Gasteiger partial charge in [0.15, 0.2) is 11.5 Å². The van der Waals surface area contributed by atoms with E-state index in [1.807, 2.05) is 86.6 Å². The van der Waals surface area contributed by atoms with Crippen molar-refractivity contribution >= 4 is 11.9 Å². The second-order valence-electron chi connectivity index (χ2n) is 6.24. The summed E-state index contributed by atoms with van der Waals surface area (Å²) in [7, 11) is 0. The van der Waals surface area contributed by atoms with Gasteiger partial charge in [0.2, 0.25) is 0 Å². The van der Waals surface area contributed by atoms with Crippen LogP contribution in [0.4, 0.5) is 5.69 Å². The molecule has 3 aromatic rings. The van der Waals surface area contributed by atoms with E-state index in [0.29, 0.717) is 19.8 Å². The number of hydrogen-bond donors (Lipinski definition) is 1. The average Bonchev–Trinajstić information content (AvgIpc) is 2.76. The standard InChI is InChI=1S/C24H26N2O3/c1-3-27-23-15-12-20(16-24(23)28-4-2)18-29-22-13-10-19(11-14-22)17-25-26-21-8-6-5-7-9-21/h5-17,26H,3-4,18H2,1-2H3. The summed E-state index contributed by atoms with van der Waals surface area (Å²) in [6.07, 6.45) is 1.78. The molecule has 0 bridgehead atoms. The zero-order chi connectivity index (χ0) is 20.3. The van der Waals surface area contributed by atoms with Crippen LogP contribution in [0.5, 0.6) is 17.2 Å². The van der Waals surface area contributed by atoms with Crippen molar-refractivity contribution in [2.75, 3.05) is 18.6 Å². The van der Waals surface area contributed by atoms with Crippen LogP contribution in [0.25, 0.3) is 0 Å². The molecule has 5 heteroatoms. The molecule has 0 saturated carbocycles. The Morgan fingerprint density at radius 3 is 2.24 bits per heavy atom. The predicted molar refractivity (Wildman–Crippen MR) is 117 cm³/mol. The summed E-state index contributed by atoms with van der Waals surface area (Å²) >= 11 is 0. The number of nitrogens with zero attached hydrogens (tertiary/aromatic N) is 1. The molecule has 29 heavy (non-hydrogen) atoms. The van der Waals surface area contributed by atoms with Crippen LogP contribution in [0.1, 0.15) is 25.0 Å². The predicted octanol–water partition coefficient (Wildman–Crippen LogP) is 5.51. The Morgan fingerprint density at radius 1 is 0.793 bits per heavy atom. The Balaban J connectivity index is 1.55. The number of anilines is 1. The molecule has 5 nitrogen and oxygen atoms in total. The molecule has 1 N–H and O–H groups in total. The number of nitrogens with one attached hydrogen (secondary N) is 1. The lowest BCUT2D eigenvalue weighted by Gasteiger charge is -2.13. The SMILES string of the molecule is CCOc1ccc(COc2ccc(C=NNc3ccccc3)cc2)cc1OCC. The van der Waals surface area contributed by atoms with Gasteiger partial charge in [-0.05, 0) is 73.5 Å². The second-order valence-corrected chi connectivity index (χ2v) is 6.24. The zero-order valence-electron chi connectivity index (χ0n) is 16.8. The molecule has 0 unspecified atom stereocenters. The minimum Gasteiger partial charge on any atom is -0.490 e. The van der Waals surface area contributed by atoms with Gasteiger partial charge in [-0.25, -0.2) is 0 Å². The van der Waals surface area contributed by atoms with Crippen molar-refractivity contribution < 1.29 is 14.2 Å². The molecule has 0 heterocycles. The highest BCUT2D eigenvalue weighted by Crippen LogP contribution is 2.29. The van der Waals surface area contributed by atoms with Crippen LogP contribution in [0.2, 0.25) is 0 Å². The minimum atomic E-state index is 0.454. The Kier molecular flexibility index (Phi) is 7.52. The highest BCUT2D eigenvalue weighted by molar-refractivity contribution is 5.80. The van der Waals surface area contributed by atoms with Crippen LogP contribution in [0.3, 0.4) is 0 Å². The summed E-state index contributed by atoms with van der Waals surface area (Å²) in [5.74, 6) is 2.30. The molecule has 0 aromatic heterocycles. The number of hydrogen-bond acceptors (Lipinski definition) is 5. The van der Waals surface area contributed by atoms with Gasteiger partial charge in [-0.2, -0.15) is 5.10 Å². The van der Waals surface area contributed by atoms with Gasteiger partial charge in [-0.3, -0.25) is 5.43 Å². The largest absolute Gasteiger partial charge is 0.490 e. The molecule has 0 spiro atoms. The molecular formula is C24H26N2O3. The highest BCUT2D eigenvalue weighted by atomic mass is 16.5. The maximum Gasteiger partial charge on any atom is 0.161 e. The highest BCUT2D eigenvalue weighted by Gasteiger charge is 2.06. The van der Waals surface area contributed by atoms with E-state index in [1.54, 1.807) is 6.21 Å². The smallest absolute Gasteiger partial charge is 0.161 e. The summed E-state index contributed by atoms with van der Waals surface area (Å²) in [6.45, 7) is 5.56. The van der Waals surface area contributed by atoms with Crippen LogP contribution in [-0.2, 0) is 6.61 Å². The third kappa shape index (κ3) is 6.28. The van der Waals surface area contributed by atoms with E-state index in [1.165, 1.54) is 0 Å². The van der Waals surface area contributed by atoms with Crippen LogP contribution >= 0.6 is 0 Å². The van der Waals surface area contributed by atoms with Crippen molar-refractivity contribution in [2.24, 2.45) is 5.10 Å². The fourth-order valence-corrected chi connectivity index (χ4v) is 2.70. The number of rotatable bonds is 10. The van der Waals surface area contributed by atoms with Gasteiger partial charge in [0.1, 0.15) is 12.4 Å². The molecule has 0 atom stereocenters. The van der Waals surface area contributed by atoms with Crippen molar-refractivity contribution in [1.82, 2.24) is 0 Å². The van der Waals surface area contributed by atoms with Crippen LogP contribution in [0, 0.1) is 0 Å². The molecule has 0 aliphatic carbocycles. The number of hydrazone groups is 1. The van der Waals surface area contributed by atoms with Gasteiger partial charge in [-0.1, -0.05) is 24.3 Å². The molecule has 0 aliphatic rings. The Bertz CT molecular complexity index is 909. The first-order valence-corrected chi connectivity index (χ1v) is 9.74. The first-order chi connectivity index (χ1) is 14.3. The van der Waals surface area contributed by atoms with Crippen LogP contribution < -0.4 is 19.6 Å². The summed E-state index contributed by atoms with van der Waals surface area (Å²) < 4.78 is 17.2. The first kappa shape index (κ1) is 20.3. The normalized spacial score (nSPS) is 10.7. The monoisotopic (exact) mass is 390 g/mol. The summed E-state index contributed by atoms with van der Waals surface area (Å²) in [6, 6.07) is 23.5. The molecule has 0 radical (unpaired) electrons. The van der Waals surface area contributed by atoms with Crippen LogP contribution in [-0.4, -0.2) is 19.4 Å². The van der Waals surface area contributed by atoms with Gasteiger partial charge in [0.05, 0.1) is 25.1 Å². The maximum absolute atomic E-state index is 5.90. The second kappa shape index (κ2) is 10.8. The van der Waals surface area contributed by atoms with Gasteiger partial charge in [-0.15, -0.1) is 0 Å². The number of ether oxygens (including phenoxy) is 3. The van der Waals surface area contributed by atoms with Gasteiger partial charge in [0.25, 0.3) is 0 Å². The van der Waals surface area contributed by atoms with Crippen molar-refractivity contribution in [2.45, 2.75) is 20.5 Å². The molecule has 0 fully saturated rings. The summed E-state index contributed by atoms with van der Waals surface area (Å²) in [4.78, 5) is 0. The number of para-hydroxylation sites is 1. The Morgan fingerprint density at radius 2 is 1.52 bits per heavy atom. The zero-order valence-corrected chi connectivity index (χ0v) is 16.8. The molecule has 0 aliphatic heterocycles. The van der Waals surface area contributed by atoms with E-state index in [4.69, 9.17) is 14.2 Å². The Labute approximate surface area is 171 Å². The van der Waals surface area contributed by atoms with Gasteiger partial charge < -0.3 is 14.2 Å². The maximum atomic E-state index is 5.90. The van der Waals surface area contributed by atoms with E-state index in [-0.39, 0.29) is 0 Å². The lowest BCUT2D eigenvalue weighted by molar-refractivity contribution is 0.283.